The van der Waals surface area contributed by atoms with Gasteiger partial charge in [-0.1, -0.05) is 22.6 Å². The highest BCUT2D eigenvalue weighted by molar-refractivity contribution is 14.1. The fraction of sp³-hybridized carbons (Fsp3) is 0.750. The van der Waals surface area contributed by atoms with Gasteiger partial charge in [0.25, 0.3) is 7.41 Å². The molecule has 0 aromatic rings. The molecule has 0 aromatic heterocycles. The maximum atomic E-state index is 9.82. The van der Waals surface area contributed by atoms with E-state index in [4.69, 9.17) is 0 Å². The van der Waals surface area contributed by atoms with Gasteiger partial charge in [-0.15, -0.1) is 0 Å². The Kier molecular flexibility index (Phi) is 2.31. The van der Waals surface area contributed by atoms with E-state index in [1.165, 1.54) is 0 Å². The van der Waals surface area contributed by atoms with Gasteiger partial charge in [0.15, 0.2) is 0 Å². The van der Waals surface area contributed by atoms with Crippen LogP contribution >= 0.6 is 22.6 Å². The summed E-state index contributed by atoms with van der Waals surface area (Å²) in [6, 6.07) is 0. The van der Waals surface area contributed by atoms with Crippen molar-refractivity contribution in [2.24, 2.45) is 0 Å². The monoisotopic (exact) mass is 222 g/mol. The van der Waals surface area contributed by atoms with E-state index in [9.17, 15) is 4.79 Å². The van der Waals surface area contributed by atoms with E-state index < -0.39 is 0 Å². The summed E-state index contributed by atoms with van der Waals surface area (Å²) in [5.41, 5.74) is 0. The molecule has 0 bridgehead atoms. The standard InChI is InChI=1S/C4H6BINO/c6-4-1-7(2-4)5-3-8/h3-4H,1-2H2. The zero-order valence-corrected chi connectivity index (χ0v) is 6.54. The molecule has 0 amide bonds. The minimum Gasteiger partial charge on any atom is -0.338 e. The normalized spacial score (nSPS) is 22.1. The van der Waals surface area contributed by atoms with Crippen molar-refractivity contribution in [2.75, 3.05) is 13.1 Å². The molecule has 8 heavy (non-hydrogen) atoms. The summed E-state index contributed by atoms with van der Waals surface area (Å²) in [6.45, 7) is 2.08. The average Bonchev–Trinajstić information content (AvgIpc) is 1.64. The molecule has 0 N–H and O–H groups in total. The third-order valence-corrected chi connectivity index (χ3v) is 1.92. The van der Waals surface area contributed by atoms with Crippen LogP contribution in [0.2, 0.25) is 0 Å². The van der Waals surface area contributed by atoms with E-state index in [2.05, 4.69) is 22.6 Å². The van der Waals surface area contributed by atoms with Crippen LogP contribution in [0.1, 0.15) is 0 Å². The van der Waals surface area contributed by atoms with E-state index >= 15 is 0 Å². The van der Waals surface area contributed by atoms with E-state index in [0.29, 0.717) is 0 Å². The molecule has 1 saturated heterocycles. The number of halogens is 1. The predicted octanol–water partition coefficient (Wildman–Crippen LogP) is -0.0850. The van der Waals surface area contributed by atoms with Crippen LogP contribution in [0.4, 0.5) is 0 Å². The summed E-state index contributed by atoms with van der Waals surface area (Å²) in [4.78, 5) is 11.8. The van der Waals surface area contributed by atoms with Crippen molar-refractivity contribution in [3.05, 3.63) is 0 Å². The van der Waals surface area contributed by atoms with Gasteiger partial charge < -0.3 is 9.61 Å². The van der Waals surface area contributed by atoms with Crippen molar-refractivity contribution in [1.29, 1.82) is 0 Å². The summed E-state index contributed by atoms with van der Waals surface area (Å²) in [5.74, 6) is 0. The maximum absolute atomic E-state index is 9.82. The van der Waals surface area contributed by atoms with Crippen molar-refractivity contribution in [3.63, 3.8) is 0 Å². The van der Waals surface area contributed by atoms with Gasteiger partial charge in [-0.2, -0.15) is 0 Å². The summed E-state index contributed by atoms with van der Waals surface area (Å²) < 4.78 is 0.754. The quantitative estimate of drug-likeness (QED) is 0.281. The Morgan fingerprint density at radius 1 is 1.75 bits per heavy atom. The van der Waals surface area contributed by atoms with E-state index in [1.807, 2.05) is 4.81 Å². The number of hydrogen-bond donors (Lipinski definition) is 0. The maximum Gasteiger partial charge on any atom is 0.293 e. The van der Waals surface area contributed by atoms with Gasteiger partial charge in [-0.05, 0) is 0 Å². The summed E-state index contributed by atoms with van der Waals surface area (Å²) in [6.07, 6.45) is 0.836. The summed E-state index contributed by atoms with van der Waals surface area (Å²) in [5, 5.41) is 0. The summed E-state index contributed by atoms with van der Waals surface area (Å²) >= 11 is 2.37. The molecule has 0 unspecified atom stereocenters. The van der Waals surface area contributed by atoms with E-state index in [0.717, 1.165) is 23.2 Å². The number of carbonyl (C=O) groups excluding carboxylic acids is 1. The smallest absolute Gasteiger partial charge is 0.293 e. The lowest BCUT2D eigenvalue weighted by Crippen LogP contribution is -2.49. The second-order valence-electron chi connectivity index (χ2n) is 1.84. The second-order valence-corrected chi connectivity index (χ2v) is 3.60. The Balaban J connectivity index is 2.06. The first-order valence-electron chi connectivity index (χ1n) is 2.49. The number of carbonyl (C=O) groups is 1. The Hall–Kier alpha value is 0.425. The second kappa shape index (κ2) is 2.82. The van der Waals surface area contributed by atoms with Crippen LogP contribution in [0.5, 0.6) is 0 Å². The van der Waals surface area contributed by atoms with Gasteiger partial charge in [0.2, 0.25) is 0 Å². The van der Waals surface area contributed by atoms with Crippen molar-refractivity contribution in [1.82, 2.24) is 4.81 Å². The molecule has 1 aliphatic heterocycles. The molecule has 1 heterocycles. The van der Waals surface area contributed by atoms with Crippen LogP contribution in [0.15, 0.2) is 0 Å². The molecule has 43 valence electrons. The lowest BCUT2D eigenvalue weighted by atomic mass is 9.90. The molecule has 1 radical (unpaired) electrons. The zero-order valence-electron chi connectivity index (χ0n) is 4.38. The largest absolute Gasteiger partial charge is 0.338 e. The topological polar surface area (TPSA) is 20.3 Å². The zero-order chi connectivity index (χ0) is 5.98. The first-order chi connectivity index (χ1) is 3.83. The number of hydrogen-bond acceptors (Lipinski definition) is 2. The SMILES string of the molecule is O=C[B]N1CC(I)C1. The number of rotatable bonds is 2. The van der Waals surface area contributed by atoms with Gasteiger partial charge in [-0.25, -0.2) is 0 Å². The molecule has 2 nitrogen and oxygen atoms in total. The minimum absolute atomic E-state index is 0.754. The molecular formula is C4H6BINO. The van der Waals surface area contributed by atoms with Crippen LogP contribution in [-0.2, 0) is 4.79 Å². The molecular weight excluding hydrogens is 216 g/mol. The Bertz CT molecular complexity index is 94.0. The molecule has 0 saturated carbocycles. The average molecular weight is 222 g/mol. The molecule has 1 fully saturated rings. The third kappa shape index (κ3) is 1.45. The van der Waals surface area contributed by atoms with Gasteiger partial charge in [-0.3, -0.25) is 0 Å². The molecule has 0 atom stereocenters. The first-order valence-corrected chi connectivity index (χ1v) is 3.74. The Morgan fingerprint density at radius 2 is 2.38 bits per heavy atom. The van der Waals surface area contributed by atoms with Crippen LogP contribution in [0.3, 0.4) is 0 Å². The molecule has 4 heteroatoms. The molecule has 0 aliphatic carbocycles. The number of alkyl halides is 1. The van der Waals surface area contributed by atoms with Crippen molar-refractivity contribution >= 4 is 36.2 Å². The fourth-order valence-corrected chi connectivity index (χ4v) is 1.68. The van der Waals surface area contributed by atoms with Crippen molar-refractivity contribution in [2.45, 2.75) is 3.92 Å². The highest BCUT2D eigenvalue weighted by Gasteiger charge is 2.23. The van der Waals surface area contributed by atoms with Gasteiger partial charge in [0.05, 0.1) is 6.19 Å². The van der Waals surface area contributed by atoms with Gasteiger partial charge in [0.1, 0.15) is 0 Å². The van der Waals surface area contributed by atoms with Gasteiger partial charge >= 0.3 is 0 Å². The summed E-state index contributed by atoms with van der Waals surface area (Å²) in [7, 11) is 1.59. The van der Waals surface area contributed by atoms with Crippen molar-refractivity contribution in [3.8, 4) is 0 Å². The molecule has 0 spiro atoms. The van der Waals surface area contributed by atoms with E-state index in [1.54, 1.807) is 7.41 Å². The van der Waals surface area contributed by atoms with Crippen LogP contribution in [0.25, 0.3) is 0 Å². The van der Waals surface area contributed by atoms with Gasteiger partial charge in [0, 0.05) is 17.0 Å². The minimum atomic E-state index is 0.754. The lowest BCUT2D eigenvalue weighted by Gasteiger charge is -2.34. The van der Waals surface area contributed by atoms with Crippen LogP contribution in [0, 0.1) is 0 Å². The molecule has 1 aliphatic rings. The van der Waals surface area contributed by atoms with E-state index in [-0.39, 0.29) is 0 Å². The number of nitrogens with zero attached hydrogens (tertiary/aromatic N) is 1. The highest BCUT2D eigenvalue weighted by atomic mass is 127. The van der Waals surface area contributed by atoms with Crippen LogP contribution < -0.4 is 0 Å². The predicted molar refractivity (Wildman–Crippen MR) is 41.9 cm³/mol. The first kappa shape index (κ1) is 6.54. The highest BCUT2D eigenvalue weighted by Crippen LogP contribution is 2.13. The Morgan fingerprint density at radius 3 is 2.75 bits per heavy atom. The van der Waals surface area contributed by atoms with Crippen molar-refractivity contribution < 1.29 is 4.79 Å². The fourth-order valence-electron chi connectivity index (χ4n) is 0.663. The van der Waals surface area contributed by atoms with Crippen LogP contribution in [-0.4, -0.2) is 35.4 Å². The lowest BCUT2D eigenvalue weighted by molar-refractivity contribution is 0.347. The molecule has 1 rings (SSSR count). The third-order valence-electron chi connectivity index (χ3n) is 1.14. The Labute approximate surface area is 63.0 Å². The molecule has 0 aromatic carbocycles.